The van der Waals surface area contributed by atoms with Crippen LogP contribution < -0.4 is 21.5 Å². The molecule has 11 N–H and O–H groups in total. The van der Waals surface area contributed by atoms with Crippen molar-refractivity contribution in [1.82, 2.24) is 59.2 Å². The Balaban J connectivity index is 0.000000230. The van der Waals surface area contributed by atoms with Crippen LogP contribution in [0.1, 0.15) is 116 Å². The summed E-state index contributed by atoms with van der Waals surface area (Å²) in [7, 11) is -4.24. The Hall–Kier alpha value is -7.99. The molecule has 3 aliphatic rings. The molecule has 0 aliphatic heterocycles. The third-order valence-electron chi connectivity index (χ3n) is 17.0. The molecule has 3 saturated carbocycles. The number of aryl methyl sites for hydroxylation is 3. The van der Waals surface area contributed by atoms with Gasteiger partial charge in [0, 0.05) is 87.7 Å². The number of alkyl halides is 3. The Morgan fingerprint density at radius 1 is 0.548 bits per heavy atom. The quantitative estimate of drug-likeness (QED) is 0.0241. The van der Waals surface area contributed by atoms with Gasteiger partial charge in [-0.2, -0.15) is 23.7 Å². The van der Waals surface area contributed by atoms with Gasteiger partial charge in [0.05, 0.1) is 73.3 Å². The number of nitrogens with two attached hydrogens (primary N) is 2. The van der Waals surface area contributed by atoms with Crippen LogP contribution in [0.3, 0.4) is 0 Å². The lowest BCUT2D eigenvalue weighted by Gasteiger charge is -2.18. The van der Waals surface area contributed by atoms with Gasteiger partial charge in [-0.3, -0.25) is 32.6 Å². The van der Waals surface area contributed by atoms with Gasteiger partial charge in [0.2, 0.25) is 17.3 Å². The number of aliphatic hydroxyl groups excluding tert-OH is 5. The molecular formula is C68H80Cl5F3N16O11S. The largest absolute Gasteiger partial charge is 0.396 e. The van der Waals surface area contributed by atoms with Crippen molar-refractivity contribution in [2.75, 3.05) is 30.5 Å². The number of nitrogens with zero attached hydrogens (tertiary/aromatic N) is 12. The van der Waals surface area contributed by atoms with Gasteiger partial charge in [-0.1, -0.05) is 97.7 Å². The Labute approximate surface area is 624 Å². The van der Waals surface area contributed by atoms with Crippen LogP contribution >= 0.6 is 58.8 Å². The fourth-order valence-electron chi connectivity index (χ4n) is 11.5. The third-order valence-corrected chi connectivity index (χ3v) is 18.5. The molecule has 0 saturated heterocycles. The maximum Gasteiger partial charge on any atom is 0.333 e. The molecule has 0 bridgehead atoms. The van der Waals surface area contributed by atoms with E-state index in [1.807, 2.05) is 81.4 Å². The second-order valence-electron chi connectivity index (χ2n) is 24.3. The molecule has 3 aromatic carbocycles. The fraction of sp³-hybridized carbons (Fsp3) is 0.382. The lowest BCUT2D eigenvalue weighted by molar-refractivity contribution is 0.0436. The van der Waals surface area contributed by atoms with Gasteiger partial charge in [-0.25, -0.2) is 48.2 Å². The van der Waals surface area contributed by atoms with E-state index in [0.29, 0.717) is 46.8 Å². The molecule has 27 nitrogen and oxygen atoms in total. The number of aliphatic hydroxyl groups is 5. The van der Waals surface area contributed by atoms with E-state index in [1.165, 1.54) is 37.6 Å². The van der Waals surface area contributed by atoms with Crippen LogP contribution in [-0.2, 0) is 34.1 Å². The SMILES string of the molecule is C.C.Cc1cc(C(=O)c2cncnc2Cl)nn1Cc1cccc(Cl)c1.Cc1cc(C(=O)c2cncnc2N[C@@H]2C[C@H](CO)[C@@H](O)[C@@H]2F)nn1Cc1cccc(Cl)c1.Cc1cc(C(=O)c2cncnc2N[C@@H]2C[C@H](COS(N)(=O)=O)[C@@H](O)[C@@H]2F)nn1Cc1cccc(Cl)c1.Cl.N[C@@H]1C[C@H](CO)[C@@H](O)[C@@H]1F. The number of rotatable bonds is 21. The molecule has 12 rings (SSSR count). The molecule has 0 unspecified atom stereocenters. The minimum absolute atomic E-state index is 0. The van der Waals surface area contributed by atoms with Crippen molar-refractivity contribution in [3.05, 3.63) is 216 Å². The summed E-state index contributed by atoms with van der Waals surface area (Å²) < 4.78 is 73.6. The summed E-state index contributed by atoms with van der Waals surface area (Å²) in [6, 6.07) is 24.9. The van der Waals surface area contributed by atoms with Crippen molar-refractivity contribution in [1.29, 1.82) is 0 Å². The highest BCUT2D eigenvalue weighted by Crippen LogP contribution is 2.35. The average molecular weight is 1560 g/mol. The number of carbonyl (C=O) groups excluding carboxylic acids is 3. The molecule has 0 radical (unpaired) electrons. The number of carbonyl (C=O) groups is 3. The summed E-state index contributed by atoms with van der Waals surface area (Å²) in [6.07, 6.45) is -0.173. The lowest BCUT2D eigenvalue weighted by atomic mass is 10.1. The van der Waals surface area contributed by atoms with E-state index in [0.717, 1.165) is 33.8 Å². The predicted molar refractivity (Wildman–Crippen MR) is 388 cm³/mol. The van der Waals surface area contributed by atoms with Gasteiger partial charge in [-0.15, -0.1) is 12.4 Å². The van der Waals surface area contributed by atoms with E-state index in [1.54, 1.807) is 44.4 Å². The first-order valence-corrected chi connectivity index (χ1v) is 34.3. The number of hydrogen-bond donors (Lipinski definition) is 9. The number of aromatic nitrogens is 12. The van der Waals surface area contributed by atoms with E-state index >= 15 is 0 Å². The standard InChI is InChI=1S/C22H24ClFN6O5S.C22H23ClFN5O3.C16H12Cl2N4O.C6H12FNO2.2CH4.ClH/c1-12-5-18(29-30(12)9-13-3-2-4-15(23)6-13)21(32)16-8-26-11-27-22(16)28-17-7-14(20(31)19(17)24)10-35-36(25,33)34;1-12-5-18(28-29(12)9-13-3-2-4-15(23)6-13)21(32)16-8-25-11-26-22(16)27-17-7-14(10-30)20(31)19(17)24;1-10-5-14(15(23)13-7-19-9-20-16(13)18)21-22(10)8-11-3-2-4-12(17)6-11;7-5-4(8)1-3(2-9)6(5)10;;;/h2-6,8,11,14,17,19-20,31H,7,9-10H2,1H3,(H2,25,33,34)(H,26,27,28);2-6,8,11,14,17,19-20,30-31H,7,9-10H2,1H3,(H,25,26,27);2-7,9H,8H2,1H3;3-6,9-10H,1-2,8H2;2*1H4;1H/t2*14-,17-,19-,20-;;3-,4-,5-,6-;;;/m11.1.../s1. The van der Waals surface area contributed by atoms with E-state index in [9.17, 15) is 51.3 Å². The summed E-state index contributed by atoms with van der Waals surface area (Å²) in [4.78, 5) is 62.6. The van der Waals surface area contributed by atoms with Gasteiger partial charge in [0.25, 0.3) is 0 Å². The van der Waals surface area contributed by atoms with Gasteiger partial charge >= 0.3 is 10.3 Å². The van der Waals surface area contributed by atoms with E-state index in [-0.39, 0.29) is 110 Å². The van der Waals surface area contributed by atoms with Crippen LogP contribution in [0.4, 0.5) is 24.8 Å². The van der Waals surface area contributed by atoms with Gasteiger partial charge in [0.1, 0.15) is 71.4 Å². The summed E-state index contributed by atoms with van der Waals surface area (Å²) in [6.45, 7) is 5.94. The highest BCUT2D eigenvalue weighted by atomic mass is 35.5. The van der Waals surface area contributed by atoms with Crippen LogP contribution in [0.2, 0.25) is 20.2 Å². The minimum atomic E-state index is -4.24. The molecule has 9 aromatic rings. The zero-order valence-corrected chi connectivity index (χ0v) is 59.2. The number of benzene rings is 3. The number of ketones is 3. The zero-order valence-electron chi connectivity index (χ0n) is 54.6. The first kappa shape index (κ1) is 84.9. The molecule has 0 amide bonds. The number of anilines is 2. The van der Waals surface area contributed by atoms with Gasteiger partial charge in [0.15, 0.2) is 0 Å². The van der Waals surface area contributed by atoms with Crippen LogP contribution in [-0.4, -0.2) is 185 Å². The molecule has 560 valence electrons. The van der Waals surface area contributed by atoms with Crippen LogP contribution in [0.15, 0.2) is 129 Å². The Bertz CT molecular complexity index is 4490. The molecule has 3 fully saturated rings. The normalized spacial score (nSPS) is 21.6. The van der Waals surface area contributed by atoms with Crippen LogP contribution in [0, 0.1) is 38.5 Å². The summed E-state index contributed by atoms with van der Waals surface area (Å²) in [5.41, 5.74) is 11.6. The number of halogens is 8. The molecule has 6 aromatic heterocycles. The molecule has 6 heterocycles. The van der Waals surface area contributed by atoms with Crippen LogP contribution in [0.25, 0.3) is 0 Å². The van der Waals surface area contributed by atoms with Gasteiger partial charge < -0.3 is 41.9 Å². The van der Waals surface area contributed by atoms with Crippen LogP contribution in [0.5, 0.6) is 0 Å². The highest BCUT2D eigenvalue weighted by Gasteiger charge is 2.45. The van der Waals surface area contributed by atoms with Gasteiger partial charge in [-0.05, 0) is 111 Å². The fourth-order valence-corrected chi connectivity index (χ4v) is 12.7. The van der Waals surface area contributed by atoms with E-state index < -0.39 is 95.3 Å². The third kappa shape index (κ3) is 21.8. The van der Waals surface area contributed by atoms with E-state index in [2.05, 4.69) is 60.0 Å². The Morgan fingerprint density at radius 3 is 1.23 bits per heavy atom. The monoisotopic (exact) mass is 1560 g/mol. The topological polar surface area (TPSA) is 403 Å². The van der Waals surface area contributed by atoms with Crippen molar-refractivity contribution in [3.63, 3.8) is 0 Å². The first-order chi connectivity index (χ1) is 48.1. The molecule has 3 aliphatic carbocycles. The van der Waals surface area contributed by atoms with Crippen molar-refractivity contribution >= 4 is 98.1 Å². The predicted octanol–water partition coefficient (Wildman–Crippen LogP) is 8.33. The smallest absolute Gasteiger partial charge is 0.333 e. The second kappa shape index (κ2) is 38.3. The molecule has 104 heavy (non-hydrogen) atoms. The van der Waals surface area contributed by atoms with Crippen molar-refractivity contribution in [3.8, 4) is 0 Å². The second-order valence-corrected chi connectivity index (χ2v) is 27.1. The molecule has 0 spiro atoms. The number of hydrogen-bond acceptors (Lipinski definition) is 23. The molecule has 36 heteroatoms. The maximum absolute atomic E-state index is 14.8. The molecule has 12 atom stereocenters. The summed E-state index contributed by atoms with van der Waals surface area (Å²) >= 11 is 24.0. The van der Waals surface area contributed by atoms with Crippen molar-refractivity contribution < 1.29 is 65.7 Å². The average Bonchev–Trinajstić information content (AvgIpc) is 1.61. The first-order valence-electron chi connectivity index (χ1n) is 31.3. The number of nitrogens with one attached hydrogen (secondary N) is 2. The van der Waals surface area contributed by atoms with Crippen molar-refractivity contribution in [2.24, 2.45) is 28.6 Å². The highest BCUT2D eigenvalue weighted by molar-refractivity contribution is 7.84. The maximum atomic E-state index is 14.8. The van der Waals surface area contributed by atoms with E-state index in [4.69, 9.17) is 67.5 Å². The minimum Gasteiger partial charge on any atom is -0.396 e. The Morgan fingerprint density at radius 2 is 0.894 bits per heavy atom. The summed E-state index contributed by atoms with van der Waals surface area (Å²) in [5.74, 6) is -2.75. The molecular weight excluding hydrogens is 1480 g/mol. The summed E-state index contributed by atoms with van der Waals surface area (Å²) in [5, 5.41) is 72.8. The lowest BCUT2D eigenvalue weighted by Crippen LogP contribution is -2.33. The Kier molecular flexibility index (Phi) is 31.3. The zero-order chi connectivity index (χ0) is 73.0. The van der Waals surface area contributed by atoms with Crippen molar-refractivity contribution in [2.45, 2.75) is 129 Å².